The first-order valence-corrected chi connectivity index (χ1v) is 7.39. The van der Waals surface area contributed by atoms with Crippen molar-refractivity contribution in [1.29, 1.82) is 0 Å². The van der Waals surface area contributed by atoms with E-state index in [0.717, 1.165) is 19.3 Å². The molecule has 1 rings (SSSR count). The normalized spacial score (nSPS) is 17.5. The molecule has 0 spiro atoms. The molecule has 0 aromatic heterocycles. The van der Waals surface area contributed by atoms with Crippen LogP contribution in [0.25, 0.3) is 0 Å². The number of ether oxygens (including phenoxy) is 1. The van der Waals surface area contributed by atoms with Gasteiger partial charge in [-0.2, -0.15) is 0 Å². The van der Waals surface area contributed by atoms with Gasteiger partial charge in [-0.05, 0) is 56.9 Å². The van der Waals surface area contributed by atoms with Gasteiger partial charge in [0.15, 0.2) is 0 Å². The lowest BCUT2D eigenvalue weighted by molar-refractivity contribution is -0.151. The molecule has 0 amide bonds. The maximum atomic E-state index is 11.7. The Morgan fingerprint density at radius 2 is 2.00 bits per heavy atom. The summed E-state index contributed by atoms with van der Waals surface area (Å²) in [7, 11) is 0. The number of esters is 1. The summed E-state index contributed by atoms with van der Waals surface area (Å²) in [6.07, 6.45) is 5.96. The van der Waals surface area contributed by atoms with Crippen LogP contribution < -0.4 is 0 Å². The minimum absolute atomic E-state index is 0.0963. The first kappa shape index (κ1) is 15.4. The second-order valence-electron chi connectivity index (χ2n) is 4.67. The van der Waals surface area contributed by atoms with Gasteiger partial charge in [0.05, 0.1) is 6.61 Å². The predicted molar refractivity (Wildman–Crippen MR) is 74.5 cm³/mol. The van der Waals surface area contributed by atoms with Crippen LogP contribution in [-0.4, -0.2) is 18.4 Å². The lowest BCUT2D eigenvalue weighted by Crippen LogP contribution is -2.24. The molecule has 0 aliphatic heterocycles. The van der Waals surface area contributed by atoms with Crippen LogP contribution in [0.15, 0.2) is 10.1 Å². The molecule has 1 unspecified atom stereocenters. The third-order valence-corrected chi connectivity index (χ3v) is 4.26. The zero-order chi connectivity index (χ0) is 13.5. The Balaban J connectivity index is 2.57. The molecule has 18 heavy (non-hydrogen) atoms. The van der Waals surface area contributed by atoms with Gasteiger partial charge in [-0.15, -0.1) is 0 Å². The SMILES string of the molecule is CCOC(=O)C(CCC1=C(Br)CCCC1)C(C)=O. The van der Waals surface area contributed by atoms with Crippen LogP contribution in [0, 0.1) is 5.92 Å². The van der Waals surface area contributed by atoms with Crippen molar-refractivity contribution in [3.8, 4) is 0 Å². The molecule has 0 fully saturated rings. The van der Waals surface area contributed by atoms with E-state index in [1.807, 2.05) is 0 Å². The van der Waals surface area contributed by atoms with Crippen LogP contribution in [0.2, 0.25) is 0 Å². The summed E-state index contributed by atoms with van der Waals surface area (Å²) in [5.41, 5.74) is 1.36. The number of carbonyl (C=O) groups is 2. The number of halogens is 1. The monoisotopic (exact) mass is 316 g/mol. The van der Waals surface area contributed by atoms with E-state index < -0.39 is 5.92 Å². The van der Waals surface area contributed by atoms with Gasteiger partial charge in [-0.3, -0.25) is 9.59 Å². The first-order valence-electron chi connectivity index (χ1n) is 6.59. The van der Waals surface area contributed by atoms with Crippen molar-refractivity contribution >= 4 is 27.7 Å². The van der Waals surface area contributed by atoms with Crippen molar-refractivity contribution in [2.75, 3.05) is 6.61 Å². The number of rotatable bonds is 6. The quantitative estimate of drug-likeness (QED) is 0.553. The molecule has 1 atom stereocenters. The van der Waals surface area contributed by atoms with Gasteiger partial charge in [0.1, 0.15) is 11.7 Å². The second kappa shape index (κ2) is 7.72. The Labute approximate surface area is 117 Å². The Bertz CT molecular complexity index is 347. The summed E-state index contributed by atoms with van der Waals surface area (Å²) < 4.78 is 6.21. The topological polar surface area (TPSA) is 43.4 Å². The first-order chi connectivity index (χ1) is 8.56. The molecule has 102 valence electrons. The van der Waals surface area contributed by atoms with Gasteiger partial charge in [-0.25, -0.2) is 0 Å². The number of carbonyl (C=O) groups excluding carboxylic acids is 2. The van der Waals surface area contributed by atoms with E-state index in [4.69, 9.17) is 4.74 Å². The summed E-state index contributed by atoms with van der Waals surface area (Å²) in [6.45, 7) is 3.55. The summed E-state index contributed by atoms with van der Waals surface area (Å²) in [4.78, 5) is 23.2. The number of Topliss-reactive ketones (excluding diaryl/α,β-unsaturated/α-hetero) is 1. The highest BCUT2D eigenvalue weighted by atomic mass is 79.9. The van der Waals surface area contributed by atoms with Gasteiger partial charge >= 0.3 is 5.97 Å². The van der Waals surface area contributed by atoms with Crippen molar-refractivity contribution in [2.45, 2.75) is 52.4 Å². The van der Waals surface area contributed by atoms with Crippen LogP contribution in [0.3, 0.4) is 0 Å². The highest BCUT2D eigenvalue weighted by Crippen LogP contribution is 2.32. The summed E-state index contributed by atoms with van der Waals surface area (Å²) in [5.74, 6) is -1.07. The molecular formula is C14H21BrO3. The largest absolute Gasteiger partial charge is 0.465 e. The fourth-order valence-electron chi connectivity index (χ4n) is 2.24. The third-order valence-electron chi connectivity index (χ3n) is 3.31. The molecule has 1 aliphatic rings. The van der Waals surface area contributed by atoms with Crippen LogP contribution in [0.5, 0.6) is 0 Å². The average Bonchev–Trinajstić information content (AvgIpc) is 2.31. The summed E-state index contributed by atoms with van der Waals surface area (Å²) in [6, 6.07) is 0. The molecule has 1 aliphatic carbocycles. The van der Waals surface area contributed by atoms with Crippen LogP contribution >= 0.6 is 15.9 Å². The van der Waals surface area contributed by atoms with Crippen molar-refractivity contribution in [2.24, 2.45) is 5.92 Å². The fraction of sp³-hybridized carbons (Fsp3) is 0.714. The molecule has 0 radical (unpaired) electrons. The van der Waals surface area contributed by atoms with E-state index in [1.165, 1.54) is 29.8 Å². The Morgan fingerprint density at radius 1 is 1.33 bits per heavy atom. The van der Waals surface area contributed by atoms with Gasteiger partial charge < -0.3 is 4.74 Å². The smallest absolute Gasteiger partial charge is 0.316 e. The van der Waals surface area contributed by atoms with Crippen molar-refractivity contribution in [1.82, 2.24) is 0 Å². The van der Waals surface area contributed by atoms with Gasteiger partial charge in [0.25, 0.3) is 0 Å². The molecule has 0 aromatic carbocycles. The Morgan fingerprint density at radius 3 is 2.56 bits per heavy atom. The maximum absolute atomic E-state index is 11.7. The van der Waals surface area contributed by atoms with Crippen LogP contribution in [-0.2, 0) is 14.3 Å². The lowest BCUT2D eigenvalue weighted by Gasteiger charge is -2.18. The molecule has 0 heterocycles. The maximum Gasteiger partial charge on any atom is 0.316 e. The number of hydrogen-bond acceptors (Lipinski definition) is 3. The zero-order valence-corrected chi connectivity index (χ0v) is 12.7. The highest BCUT2D eigenvalue weighted by Gasteiger charge is 2.25. The van der Waals surface area contributed by atoms with Gasteiger partial charge in [0.2, 0.25) is 0 Å². The second-order valence-corrected chi connectivity index (χ2v) is 5.63. The van der Waals surface area contributed by atoms with Crippen molar-refractivity contribution in [3.63, 3.8) is 0 Å². The Hall–Kier alpha value is -0.640. The average molecular weight is 317 g/mol. The minimum atomic E-state index is -0.598. The summed E-state index contributed by atoms with van der Waals surface area (Å²) >= 11 is 3.59. The van der Waals surface area contributed by atoms with E-state index in [1.54, 1.807) is 6.92 Å². The predicted octanol–water partition coefficient (Wildman–Crippen LogP) is 3.76. The van der Waals surface area contributed by atoms with E-state index >= 15 is 0 Å². The van der Waals surface area contributed by atoms with Crippen molar-refractivity contribution in [3.05, 3.63) is 10.1 Å². The molecule has 0 aromatic rings. The molecule has 0 saturated heterocycles. The Kier molecular flexibility index (Phi) is 6.61. The number of allylic oxidation sites excluding steroid dienone is 2. The van der Waals surface area contributed by atoms with E-state index in [0.29, 0.717) is 13.0 Å². The van der Waals surface area contributed by atoms with Crippen molar-refractivity contribution < 1.29 is 14.3 Å². The minimum Gasteiger partial charge on any atom is -0.465 e. The molecule has 3 nitrogen and oxygen atoms in total. The molecule has 0 bridgehead atoms. The number of hydrogen-bond donors (Lipinski definition) is 0. The lowest BCUT2D eigenvalue weighted by atomic mass is 9.91. The van der Waals surface area contributed by atoms with Crippen LogP contribution in [0.4, 0.5) is 0 Å². The standard InChI is InChI=1S/C14H21BrO3/c1-3-18-14(17)12(10(2)16)9-8-11-6-4-5-7-13(11)15/h12H,3-9H2,1-2H3. The van der Waals surface area contributed by atoms with Crippen LogP contribution in [0.1, 0.15) is 52.4 Å². The van der Waals surface area contributed by atoms with E-state index in [9.17, 15) is 9.59 Å². The highest BCUT2D eigenvalue weighted by molar-refractivity contribution is 9.11. The van der Waals surface area contributed by atoms with Gasteiger partial charge in [-0.1, -0.05) is 21.5 Å². The fourth-order valence-corrected chi connectivity index (χ4v) is 2.92. The zero-order valence-electron chi connectivity index (χ0n) is 11.1. The van der Waals surface area contributed by atoms with Gasteiger partial charge in [0, 0.05) is 0 Å². The molecule has 0 N–H and O–H groups in total. The molecule has 4 heteroatoms. The molecular weight excluding hydrogens is 296 g/mol. The van der Waals surface area contributed by atoms with E-state index in [-0.39, 0.29) is 11.8 Å². The third kappa shape index (κ3) is 4.56. The summed E-state index contributed by atoms with van der Waals surface area (Å²) in [5, 5.41) is 0. The molecule has 0 saturated carbocycles. The number of ketones is 1. The van der Waals surface area contributed by atoms with E-state index in [2.05, 4.69) is 15.9 Å².